The molecule has 2 saturated heterocycles. The molecule has 2 unspecified atom stereocenters. The topological polar surface area (TPSA) is 91.3 Å². The van der Waals surface area contributed by atoms with E-state index in [1.165, 1.54) is 0 Å². The van der Waals surface area contributed by atoms with E-state index in [4.69, 9.17) is 9.47 Å². The molecule has 1 aromatic carbocycles. The Hall–Kier alpha value is -2.16. The summed E-state index contributed by atoms with van der Waals surface area (Å²) in [4.78, 5) is 28.6. The van der Waals surface area contributed by atoms with Crippen LogP contribution in [0.4, 0.5) is 0 Å². The number of nitrogens with zero attached hydrogens (tertiary/aromatic N) is 2. The van der Waals surface area contributed by atoms with Gasteiger partial charge in [0.25, 0.3) is 5.91 Å². The summed E-state index contributed by atoms with van der Waals surface area (Å²) in [6.45, 7) is 6.52. The number of rotatable bonds is 6. The maximum absolute atomic E-state index is 12.9. The molecule has 5 rings (SSSR count). The van der Waals surface area contributed by atoms with Crippen molar-refractivity contribution in [1.29, 1.82) is 0 Å². The second-order valence-corrected chi connectivity index (χ2v) is 9.79. The zero-order valence-corrected chi connectivity index (χ0v) is 18.8. The Labute approximate surface area is 188 Å². The first-order chi connectivity index (χ1) is 15.4. The van der Waals surface area contributed by atoms with Gasteiger partial charge >= 0.3 is 0 Å². The van der Waals surface area contributed by atoms with Gasteiger partial charge in [-0.3, -0.25) is 14.5 Å². The lowest BCUT2D eigenvalue weighted by Gasteiger charge is -2.45. The minimum atomic E-state index is -1.02. The minimum absolute atomic E-state index is 0.0951. The Morgan fingerprint density at radius 2 is 1.94 bits per heavy atom. The fourth-order valence-electron chi connectivity index (χ4n) is 5.61. The molecule has 174 valence electrons. The van der Waals surface area contributed by atoms with Crippen LogP contribution >= 0.6 is 0 Å². The highest BCUT2D eigenvalue weighted by Gasteiger charge is 2.42. The van der Waals surface area contributed by atoms with Crippen LogP contribution in [0.15, 0.2) is 18.2 Å². The minimum Gasteiger partial charge on any atom is -0.489 e. The largest absolute Gasteiger partial charge is 0.489 e. The molecule has 2 amide bonds. The number of benzene rings is 1. The van der Waals surface area contributed by atoms with Crippen LogP contribution in [0.5, 0.6) is 5.75 Å². The van der Waals surface area contributed by atoms with E-state index in [1.807, 2.05) is 18.2 Å². The van der Waals surface area contributed by atoms with Gasteiger partial charge in [0.05, 0.1) is 18.2 Å². The third-order valence-corrected chi connectivity index (χ3v) is 7.16. The van der Waals surface area contributed by atoms with Gasteiger partial charge in [-0.2, -0.15) is 0 Å². The van der Waals surface area contributed by atoms with Crippen LogP contribution in [-0.4, -0.2) is 76.4 Å². The van der Waals surface area contributed by atoms with Gasteiger partial charge in [-0.25, -0.2) is 0 Å². The molecule has 8 heteroatoms. The van der Waals surface area contributed by atoms with E-state index in [1.54, 1.807) is 4.90 Å². The first-order valence-electron chi connectivity index (χ1n) is 11.9. The summed E-state index contributed by atoms with van der Waals surface area (Å²) >= 11 is 0. The predicted octanol–water partition coefficient (Wildman–Crippen LogP) is 1.65. The van der Waals surface area contributed by atoms with Crippen LogP contribution in [0.3, 0.4) is 0 Å². The Bertz CT molecular complexity index is 884. The lowest BCUT2D eigenvalue weighted by Crippen LogP contribution is -2.59. The summed E-state index contributed by atoms with van der Waals surface area (Å²) in [7, 11) is 0. The first-order valence-corrected chi connectivity index (χ1v) is 11.9. The number of fused-ring (bicyclic) bond motifs is 1. The van der Waals surface area contributed by atoms with E-state index in [-0.39, 0.29) is 24.0 Å². The summed E-state index contributed by atoms with van der Waals surface area (Å²) < 4.78 is 12.3. The molecule has 4 aliphatic rings. The molecule has 1 aromatic rings. The monoisotopic (exact) mass is 443 g/mol. The molecule has 1 saturated carbocycles. The maximum Gasteiger partial charge on any atom is 0.254 e. The summed E-state index contributed by atoms with van der Waals surface area (Å²) in [6, 6.07) is 5.70. The lowest BCUT2D eigenvalue weighted by atomic mass is 10.0. The number of piperidine rings is 1. The van der Waals surface area contributed by atoms with E-state index in [2.05, 4.69) is 24.1 Å². The normalized spacial score (nSPS) is 31.1. The molecule has 32 heavy (non-hydrogen) atoms. The Balaban J connectivity index is 1.22. The van der Waals surface area contributed by atoms with Crippen LogP contribution in [-0.2, 0) is 16.1 Å². The van der Waals surface area contributed by atoms with Crippen molar-refractivity contribution in [1.82, 2.24) is 15.1 Å². The van der Waals surface area contributed by atoms with E-state index < -0.39 is 12.3 Å². The second-order valence-electron chi connectivity index (χ2n) is 9.79. The van der Waals surface area contributed by atoms with Crippen LogP contribution in [0.2, 0.25) is 0 Å². The molecule has 0 aromatic heterocycles. The smallest absolute Gasteiger partial charge is 0.254 e. The standard InChI is InChI=1S/C24H33N3O5/c1-14(2)31-17-12-26(13-17)19-4-3-5-21(19)32-16-6-7-18-15(10-16)11-27(24(18)30)20-8-9-22(28)25-23(20)29/h6-7,10,14,17,19-21,23,29H,3-5,8-9,11-13H2,1-2H3,(H,25,28)/t19-,20?,21-,23?/m0/s1. The van der Waals surface area contributed by atoms with E-state index >= 15 is 0 Å². The Morgan fingerprint density at radius 3 is 2.69 bits per heavy atom. The van der Waals surface area contributed by atoms with Gasteiger partial charge in [0.2, 0.25) is 5.91 Å². The molecule has 2 N–H and O–H groups in total. The van der Waals surface area contributed by atoms with Crippen molar-refractivity contribution >= 4 is 11.8 Å². The fraction of sp³-hybridized carbons (Fsp3) is 0.667. The molecule has 0 spiro atoms. The molecule has 3 aliphatic heterocycles. The van der Waals surface area contributed by atoms with Crippen molar-refractivity contribution in [3.8, 4) is 5.75 Å². The SMILES string of the molecule is CC(C)OC1CN([C@H]2CCC[C@@H]2Oc2ccc3c(c2)CN(C2CCC(=O)NC2O)C3=O)C1. The quantitative estimate of drug-likeness (QED) is 0.695. The number of hydrogen-bond acceptors (Lipinski definition) is 6. The average molecular weight is 444 g/mol. The van der Waals surface area contributed by atoms with Gasteiger partial charge in [-0.15, -0.1) is 0 Å². The average Bonchev–Trinajstić information content (AvgIpc) is 3.28. The molecule has 3 heterocycles. The van der Waals surface area contributed by atoms with E-state index in [0.717, 1.165) is 43.7 Å². The molecule has 3 fully saturated rings. The number of aliphatic hydroxyl groups excluding tert-OH is 1. The Morgan fingerprint density at radius 1 is 1.12 bits per heavy atom. The summed E-state index contributed by atoms with van der Waals surface area (Å²) in [5.41, 5.74) is 1.57. The Kier molecular flexibility index (Phi) is 5.86. The van der Waals surface area contributed by atoms with Crippen LogP contribution < -0.4 is 10.1 Å². The van der Waals surface area contributed by atoms with Crippen molar-refractivity contribution < 1.29 is 24.2 Å². The van der Waals surface area contributed by atoms with Crippen molar-refractivity contribution in [2.75, 3.05) is 13.1 Å². The zero-order chi connectivity index (χ0) is 22.4. The molecule has 0 bridgehead atoms. The van der Waals surface area contributed by atoms with Crippen molar-refractivity contribution in [3.05, 3.63) is 29.3 Å². The van der Waals surface area contributed by atoms with Gasteiger partial charge in [-0.1, -0.05) is 0 Å². The predicted molar refractivity (Wildman–Crippen MR) is 117 cm³/mol. The second kappa shape index (κ2) is 8.65. The van der Waals surface area contributed by atoms with Crippen LogP contribution in [0, 0.1) is 0 Å². The van der Waals surface area contributed by atoms with Crippen LogP contribution in [0.1, 0.15) is 61.9 Å². The van der Waals surface area contributed by atoms with Gasteiger partial charge < -0.3 is 24.8 Å². The maximum atomic E-state index is 12.9. The number of carbonyl (C=O) groups excluding carboxylic acids is 2. The summed E-state index contributed by atoms with van der Waals surface area (Å²) in [6.07, 6.45) is 3.83. The highest BCUT2D eigenvalue weighted by molar-refractivity contribution is 5.99. The number of nitrogens with one attached hydrogen (secondary N) is 1. The van der Waals surface area contributed by atoms with Crippen molar-refractivity contribution in [2.45, 2.75) is 89.1 Å². The molecule has 0 radical (unpaired) electrons. The molecule has 8 nitrogen and oxygen atoms in total. The lowest BCUT2D eigenvalue weighted by molar-refractivity contribution is -0.129. The molecular weight excluding hydrogens is 410 g/mol. The zero-order valence-electron chi connectivity index (χ0n) is 18.8. The number of ether oxygens (including phenoxy) is 2. The van der Waals surface area contributed by atoms with Crippen molar-refractivity contribution in [3.63, 3.8) is 0 Å². The highest BCUT2D eigenvalue weighted by Crippen LogP contribution is 2.35. The third-order valence-electron chi connectivity index (χ3n) is 7.16. The summed E-state index contributed by atoms with van der Waals surface area (Å²) in [5, 5.41) is 12.8. The van der Waals surface area contributed by atoms with Crippen LogP contribution in [0.25, 0.3) is 0 Å². The van der Waals surface area contributed by atoms with Gasteiger partial charge in [0, 0.05) is 37.7 Å². The van der Waals surface area contributed by atoms with Gasteiger partial charge in [-0.05, 0) is 63.3 Å². The fourth-order valence-corrected chi connectivity index (χ4v) is 5.61. The van der Waals surface area contributed by atoms with Gasteiger partial charge in [0.1, 0.15) is 18.1 Å². The van der Waals surface area contributed by atoms with Gasteiger partial charge in [0.15, 0.2) is 0 Å². The summed E-state index contributed by atoms with van der Waals surface area (Å²) in [5.74, 6) is 0.523. The van der Waals surface area contributed by atoms with E-state index in [9.17, 15) is 14.7 Å². The number of likely N-dealkylation sites (tertiary alicyclic amines) is 1. The highest BCUT2D eigenvalue weighted by atomic mass is 16.5. The number of hydrogen-bond donors (Lipinski definition) is 2. The molecule has 4 atom stereocenters. The number of amides is 2. The molecular formula is C24H33N3O5. The third kappa shape index (κ3) is 4.11. The number of aliphatic hydroxyl groups is 1. The van der Waals surface area contributed by atoms with E-state index in [0.29, 0.717) is 37.1 Å². The van der Waals surface area contributed by atoms with Crippen molar-refractivity contribution in [2.24, 2.45) is 0 Å². The number of carbonyl (C=O) groups is 2. The first kappa shape index (κ1) is 21.7. The molecule has 1 aliphatic carbocycles.